The van der Waals surface area contributed by atoms with Crippen molar-refractivity contribution in [3.63, 3.8) is 0 Å². The van der Waals surface area contributed by atoms with Gasteiger partial charge in [-0.1, -0.05) is 59.6 Å². The Hall–Kier alpha value is -2.22. The molecule has 2 aromatic carbocycles. The molecular formula is C27H38N2. The first kappa shape index (κ1) is 23.1. The van der Waals surface area contributed by atoms with Gasteiger partial charge in [-0.25, -0.2) is 0 Å². The van der Waals surface area contributed by atoms with Gasteiger partial charge in [0.05, 0.1) is 17.1 Å². The minimum Gasteiger partial charge on any atom is -0.255 e. The molecule has 0 heterocycles. The van der Waals surface area contributed by atoms with Gasteiger partial charge in [0, 0.05) is 6.21 Å². The van der Waals surface area contributed by atoms with Crippen LogP contribution in [0.3, 0.4) is 0 Å². The molecule has 0 aliphatic rings. The van der Waals surface area contributed by atoms with Gasteiger partial charge >= 0.3 is 0 Å². The van der Waals surface area contributed by atoms with E-state index in [1.807, 2.05) is 6.21 Å². The van der Waals surface area contributed by atoms with E-state index in [9.17, 15) is 0 Å². The average molecular weight is 391 g/mol. The Balaban J connectivity index is 2.30. The van der Waals surface area contributed by atoms with E-state index in [0.717, 1.165) is 55.6 Å². The third-order valence-electron chi connectivity index (χ3n) is 5.58. The van der Waals surface area contributed by atoms with Crippen LogP contribution >= 0.6 is 0 Å². The summed E-state index contributed by atoms with van der Waals surface area (Å²) >= 11 is 0. The largest absolute Gasteiger partial charge is 0.255 e. The molecule has 0 saturated heterocycles. The van der Waals surface area contributed by atoms with Crippen LogP contribution in [0.1, 0.15) is 82.6 Å². The first-order valence-corrected chi connectivity index (χ1v) is 11.5. The molecule has 0 bridgehead atoms. The Morgan fingerprint density at radius 1 is 0.690 bits per heavy atom. The quantitative estimate of drug-likeness (QED) is 0.274. The monoisotopic (exact) mass is 390 g/mol. The molecule has 29 heavy (non-hydrogen) atoms. The van der Waals surface area contributed by atoms with Gasteiger partial charge in [-0.15, -0.1) is 0 Å². The van der Waals surface area contributed by atoms with Gasteiger partial charge in [0.2, 0.25) is 0 Å². The highest BCUT2D eigenvalue weighted by atomic mass is 14.8. The number of aliphatic imine (C=N–C) groups is 2. The van der Waals surface area contributed by atoms with Crippen LogP contribution in [-0.2, 0) is 25.7 Å². The molecular weight excluding hydrogens is 352 g/mol. The smallest absolute Gasteiger partial charge is 0.0636 e. The van der Waals surface area contributed by atoms with Crippen molar-refractivity contribution in [2.24, 2.45) is 9.98 Å². The van der Waals surface area contributed by atoms with Gasteiger partial charge in [-0.2, -0.15) is 0 Å². The van der Waals surface area contributed by atoms with Crippen LogP contribution in [0, 0.1) is 0 Å². The summed E-state index contributed by atoms with van der Waals surface area (Å²) in [6.07, 6.45) is 10.8. The summed E-state index contributed by atoms with van der Waals surface area (Å²) in [7, 11) is 0. The molecule has 0 unspecified atom stereocenters. The molecule has 2 heteroatoms. The summed E-state index contributed by atoms with van der Waals surface area (Å²) in [5.74, 6) is 0. The molecule has 0 aliphatic carbocycles. The third kappa shape index (κ3) is 6.96. The van der Waals surface area contributed by atoms with Crippen LogP contribution in [0.15, 0.2) is 46.4 Å². The highest BCUT2D eigenvalue weighted by Crippen LogP contribution is 2.22. The van der Waals surface area contributed by atoms with Crippen LogP contribution in [-0.4, -0.2) is 11.9 Å². The van der Waals surface area contributed by atoms with Crippen molar-refractivity contribution in [3.8, 4) is 0 Å². The lowest BCUT2D eigenvalue weighted by Gasteiger charge is -2.08. The Kier molecular flexibility index (Phi) is 9.83. The fraction of sp³-hybridized carbons (Fsp3) is 0.481. The Morgan fingerprint density at radius 2 is 1.24 bits per heavy atom. The van der Waals surface area contributed by atoms with Gasteiger partial charge in [-0.05, 0) is 85.0 Å². The molecule has 2 rings (SSSR count). The maximum absolute atomic E-state index is 4.97. The van der Waals surface area contributed by atoms with Crippen molar-refractivity contribution in [1.29, 1.82) is 0 Å². The number of hydrogen-bond donors (Lipinski definition) is 0. The number of unbranched alkanes of at least 4 members (excludes halogenated alkanes) is 2. The van der Waals surface area contributed by atoms with Gasteiger partial charge in [-0.3, -0.25) is 9.98 Å². The van der Waals surface area contributed by atoms with Gasteiger partial charge < -0.3 is 0 Å². The fourth-order valence-corrected chi connectivity index (χ4v) is 3.74. The number of rotatable bonds is 11. The second kappa shape index (κ2) is 12.4. The minimum atomic E-state index is 0.974. The van der Waals surface area contributed by atoms with Crippen LogP contribution < -0.4 is 0 Å². The average Bonchev–Trinajstić information content (AvgIpc) is 2.76. The molecule has 0 radical (unpaired) electrons. The SMILES string of the molecule is CCCCCC(C=Nc1ccc(CC)c(CC)c1)=Nc1ccc(CC)c(CC)c1. The van der Waals surface area contributed by atoms with Crippen LogP contribution in [0.25, 0.3) is 0 Å². The van der Waals surface area contributed by atoms with Gasteiger partial charge in [0.1, 0.15) is 0 Å². The van der Waals surface area contributed by atoms with E-state index in [1.54, 1.807) is 0 Å². The van der Waals surface area contributed by atoms with Crippen molar-refractivity contribution in [3.05, 3.63) is 58.7 Å². The van der Waals surface area contributed by atoms with Crippen LogP contribution in [0.2, 0.25) is 0 Å². The maximum Gasteiger partial charge on any atom is 0.0636 e. The summed E-state index contributed by atoms with van der Waals surface area (Å²) < 4.78 is 0. The first-order valence-electron chi connectivity index (χ1n) is 11.5. The normalized spacial score (nSPS) is 12.1. The van der Waals surface area contributed by atoms with Crippen LogP contribution in [0.4, 0.5) is 11.4 Å². The molecule has 0 aromatic heterocycles. The van der Waals surface area contributed by atoms with Crippen molar-refractivity contribution in [1.82, 2.24) is 0 Å². The number of hydrogen-bond acceptors (Lipinski definition) is 2. The summed E-state index contributed by atoms with van der Waals surface area (Å²) in [5, 5.41) is 0. The predicted octanol–water partition coefficient (Wildman–Crippen LogP) is 7.99. The molecule has 0 atom stereocenters. The van der Waals surface area contributed by atoms with E-state index in [2.05, 4.69) is 71.0 Å². The zero-order valence-corrected chi connectivity index (χ0v) is 19.1. The zero-order chi connectivity index (χ0) is 21.1. The van der Waals surface area contributed by atoms with E-state index >= 15 is 0 Å². The molecule has 156 valence electrons. The van der Waals surface area contributed by atoms with Crippen molar-refractivity contribution in [2.75, 3.05) is 0 Å². The highest BCUT2D eigenvalue weighted by molar-refractivity contribution is 6.31. The molecule has 2 aromatic rings. The molecule has 2 nitrogen and oxygen atoms in total. The maximum atomic E-state index is 4.97. The Labute approximate surface area is 178 Å². The summed E-state index contributed by atoms with van der Waals surface area (Å²) in [5.41, 5.74) is 8.80. The molecule has 0 aliphatic heterocycles. The highest BCUT2D eigenvalue weighted by Gasteiger charge is 2.04. The molecule has 0 saturated carbocycles. The number of aryl methyl sites for hydroxylation is 4. The van der Waals surface area contributed by atoms with Crippen LogP contribution in [0.5, 0.6) is 0 Å². The summed E-state index contributed by atoms with van der Waals surface area (Å²) in [6.45, 7) is 11.1. The van der Waals surface area contributed by atoms with E-state index in [4.69, 9.17) is 9.98 Å². The predicted molar refractivity (Wildman–Crippen MR) is 130 cm³/mol. The van der Waals surface area contributed by atoms with E-state index < -0.39 is 0 Å². The lowest BCUT2D eigenvalue weighted by atomic mass is 10.0. The standard InChI is InChI=1S/C27H38N2/c1-6-11-12-13-27(29-26-17-15-22(8-3)24(10-5)19-26)20-28-25-16-14-21(7-2)23(9-4)18-25/h14-20H,6-13H2,1-5H3. The lowest BCUT2D eigenvalue weighted by molar-refractivity contribution is 0.744. The second-order valence-corrected chi connectivity index (χ2v) is 7.64. The topological polar surface area (TPSA) is 24.7 Å². The fourth-order valence-electron chi connectivity index (χ4n) is 3.74. The minimum absolute atomic E-state index is 0.974. The van der Waals surface area contributed by atoms with E-state index in [1.165, 1.54) is 35.1 Å². The van der Waals surface area contributed by atoms with Gasteiger partial charge in [0.25, 0.3) is 0 Å². The second-order valence-electron chi connectivity index (χ2n) is 7.64. The Bertz CT molecular complexity index is 830. The summed E-state index contributed by atoms with van der Waals surface area (Å²) in [6, 6.07) is 13.2. The first-order chi connectivity index (χ1) is 14.1. The van der Waals surface area contributed by atoms with E-state index in [-0.39, 0.29) is 0 Å². The number of nitrogens with zero attached hydrogens (tertiary/aromatic N) is 2. The Morgan fingerprint density at radius 3 is 1.79 bits per heavy atom. The van der Waals surface area contributed by atoms with Crippen molar-refractivity contribution < 1.29 is 0 Å². The molecule has 0 amide bonds. The number of benzene rings is 2. The third-order valence-corrected chi connectivity index (χ3v) is 5.58. The molecule has 0 fully saturated rings. The zero-order valence-electron chi connectivity index (χ0n) is 19.1. The molecule has 0 spiro atoms. The van der Waals surface area contributed by atoms with Crippen molar-refractivity contribution >= 4 is 23.3 Å². The van der Waals surface area contributed by atoms with Crippen molar-refractivity contribution in [2.45, 2.75) is 86.0 Å². The van der Waals surface area contributed by atoms with E-state index in [0.29, 0.717) is 0 Å². The lowest BCUT2D eigenvalue weighted by Crippen LogP contribution is -2.00. The summed E-state index contributed by atoms with van der Waals surface area (Å²) in [4.78, 5) is 9.76. The molecule has 0 N–H and O–H groups in total. The van der Waals surface area contributed by atoms with Gasteiger partial charge in [0.15, 0.2) is 0 Å².